The Morgan fingerprint density at radius 2 is 1.95 bits per heavy atom. The zero-order chi connectivity index (χ0) is 13.9. The van der Waals surface area contributed by atoms with E-state index in [0.717, 1.165) is 28.6 Å². The van der Waals surface area contributed by atoms with Crippen LogP contribution in [0.4, 0.5) is 0 Å². The number of piperidine rings is 1. The van der Waals surface area contributed by atoms with E-state index in [1.807, 2.05) is 18.2 Å². The van der Waals surface area contributed by atoms with Crippen molar-refractivity contribution in [1.29, 1.82) is 0 Å². The fourth-order valence-corrected chi connectivity index (χ4v) is 3.60. The molecule has 3 rings (SSSR count). The van der Waals surface area contributed by atoms with Crippen LogP contribution < -0.4 is 10.1 Å². The topological polar surface area (TPSA) is 30.5 Å². The van der Waals surface area contributed by atoms with Gasteiger partial charge in [-0.05, 0) is 44.7 Å². The lowest BCUT2D eigenvalue weighted by Crippen LogP contribution is -2.41. The lowest BCUT2D eigenvalue weighted by Gasteiger charge is -2.29. The third kappa shape index (κ3) is 3.35. The highest BCUT2D eigenvalue weighted by atomic mass is 79.9. The van der Waals surface area contributed by atoms with Gasteiger partial charge in [0.05, 0.1) is 12.7 Å². The third-order valence-electron chi connectivity index (χ3n) is 4.34. The number of ether oxygens (including phenoxy) is 2. The molecule has 20 heavy (non-hydrogen) atoms. The van der Waals surface area contributed by atoms with E-state index in [0.29, 0.717) is 31.4 Å². The van der Waals surface area contributed by atoms with Crippen LogP contribution >= 0.6 is 15.9 Å². The summed E-state index contributed by atoms with van der Waals surface area (Å²) in [5.41, 5.74) is 1.15. The summed E-state index contributed by atoms with van der Waals surface area (Å²) in [4.78, 5) is 0. The second-order valence-electron chi connectivity index (χ2n) is 5.81. The summed E-state index contributed by atoms with van der Waals surface area (Å²) >= 11 is 3.52. The van der Waals surface area contributed by atoms with Gasteiger partial charge in [0.2, 0.25) is 0 Å². The van der Waals surface area contributed by atoms with Crippen LogP contribution in [0.2, 0.25) is 0 Å². The predicted molar refractivity (Wildman–Crippen MR) is 83.3 cm³/mol. The summed E-state index contributed by atoms with van der Waals surface area (Å²) < 4.78 is 12.9. The molecule has 2 saturated heterocycles. The Kier molecular flexibility index (Phi) is 4.64. The molecule has 2 heterocycles. The van der Waals surface area contributed by atoms with Gasteiger partial charge < -0.3 is 14.8 Å². The fourth-order valence-electron chi connectivity index (χ4n) is 3.25. The van der Waals surface area contributed by atoms with Gasteiger partial charge in [-0.1, -0.05) is 22.0 Å². The Labute approximate surface area is 129 Å². The second kappa shape index (κ2) is 6.46. The van der Waals surface area contributed by atoms with Gasteiger partial charge in [-0.25, -0.2) is 0 Å². The number of fused-ring (bicyclic) bond motifs is 2. The van der Waals surface area contributed by atoms with Gasteiger partial charge in [0.25, 0.3) is 0 Å². The maximum atomic E-state index is 5.98. The summed E-state index contributed by atoms with van der Waals surface area (Å²) in [5.74, 6) is 0.938. The molecule has 0 aromatic heterocycles. The van der Waals surface area contributed by atoms with Crippen LogP contribution in [0.3, 0.4) is 0 Å². The van der Waals surface area contributed by atoms with Crippen LogP contribution in [-0.2, 0) is 4.74 Å². The molecule has 0 saturated carbocycles. The molecule has 2 aliphatic rings. The summed E-state index contributed by atoms with van der Waals surface area (Å²) in [6.45, 7) is 3.36. The second-order valence-corrected chi connectivity index (χ2v) is 6.67. The molecule has 1 N–H and O–H groups in total. The number of halogens is 1. The minimum absolute atomic E-state index is 0.418. The summed E-state index contributed by atoms with van der Waals surface area (Å²) in [5, 5.41) is 3.63. The average molecular weight is 340 g/mol. The molecular weight excluding hydrogens is 318 g/mol. The third-order valence-corrected chi connectivity index (χ3v) is 5.20. The first-order valence-electron chi connectivity index (χ1n) is 7.48. The standard InChI is InChI=1S/C16H22BrNO2/c1-11-15(17)3-2-4-16(11)20-8-7-19-14-9-12-5-6-13(10-14)18-12/h2-4,12-14,18H,5-10H2,1H3/t12-,13+,14-. The van der Waals surface area contributed by atoms with E-state index in [1.54, 1.807) is 0 Å². The van der Waals surface area contributed by atoms with Gasteiger partial charge in [-0.15, -0.1) is 0 Å². The lowest BCUT2D eigenvalue weighted by molar-refractivity contribution is 0.00596. The highest BCUT2D eigenvalue weighted by Gasteiger charge is 2.33. The van der Waals surface area contributed by atoms with Gasteiger partial charge in [0, 0.05) is 22.1 Å². The highest BCUT2D eigenvalue weighted by Crippen LogP contribution is 2.28. The van der Waals surface area contributed by atoms with Gasteiger partial charge in [0.1, 0.15) is 12.4 Å². The molecule has 0 unspecified atom stereocenters. The molecule has 3 nitrogen and oxygen atoms in total. The first kappa shape index (κ1) is 14.4. The molecule has 0 spiro atoms. The maximum absolute atomic E-state index is 5.98. The number of rotatable bonds is 5. The molecule has 0 aliphatic carbocycles. The Bertz CT molecular complexity index is 454. The van der Waals surface area contributed by atoms with Gasteiger partial charge in [0.15, 0.2) is 0 Å². The van der Waals surface area contributed by atoms with Crippen molar-refractivity contribution in [2.75, 3.05) is 13.2 Å². The molecule has 0 amide bonds. The average Bonchev–Trinajstić information content (AvgIpc) is 2.78. The van der Waals surface area contributed by atoms with E-state index in [-0.39, 0.29) is 0 Å². The molecular formula is C16H22BrNO2. The van der Waals surface area contributed by atoms with E-state index < -0.39 is 0 Å². The summed E-state index contributed by atoms with van der Waals surface area (Å²) in [6.07, 6.45) is 5.37. The van der Waals surface area contributed by atoms with Crippen LogP contribution in [0.1, 0.15) is 31.2 Å². The number of benzene rings is 1. The first-order chi connectivity index (χ1) is 9.72. The molecule has 1 aromatic carbocycles. The molecule has 2 aliphatic heterocycles. The zero-order valence-corrected chi connectivity index (χ0v) is 13.5. The van der Waals surface area contributed by atoms with Crippen LogP contribution in [0, 0.1) is 6.92 Å². The molecule has 3 atom stereocenters. The number of hydrogen-bond donors (Lipinski definition) is 1. The fraction of sp³-hybridized carbons (Fsp3) is 0.625. The number of hydrogen-bond acceptors (Lipinski definition) is 3. The van der Waals surface area contributed by atoms with Crippen molar-refractivity contribution >= 4 is 15.9 Å². The van der Waals surface area contributed by atoms with Crippen molar-refractivity contribution in [3.8, 4) is 5.75 Å². The van der Waals surface area contributed by atoms with Crippen molar-refractivity contribution < 1.29 is 9.47 Å². The SMILES string of the molecule is Cc1c(Br)cccc1OCCO[C@@H]1C[C@H]2CC[C@@H](C1)N2. The minimum Gasteiger partial charge on any atom is -0.491 e. The van der Waals surface area contributed by atoms with E-state index in [1.165, 1.54) is 12.8 Å². The molecule has 4 heteroatoms. The molecule has 1 aromatic rings. The molecule has 2 bridgehead atoms. The van der Waals surface area contributed by atoms with Gasteiger partial charge in [-0.3, -0.25) is 0 Å². The largest absolute Gasteiger partial charge is 0.491 e. The van der Waals surface area contributed by atoms with Crippen molar-refractivity contribution in [3.63, 3.8) is 0 Å². The quantitative estimate of drug-likeness (QED) is 0.833. The first-order valence-corrected chi connectivity index (χ1v) is 8.27. The Balaban J connectivity index is 1.41. The van der Waals surface area contributed by atoms with Crippen LogP contribution in [0.25, 0.3) is 0 Å². The van der Waals surface area contributed by atoms with E-state index in [4.69, 9.17) is 9.47 Å². The van der Waals surface area contributed by atoms with Crippen molar-refractivity contribution in [1.82, 2.24) is 5.32 Å². The molecule has 2 fully saturated rings. The van der Waals surface area contributed by atoms with Gasteiger partial charge >= 0.3 is 0 Å². The van der Waals surface area contributed by atoms with E-state index in [9.17, 15) is 0 Å². The molecule has 110 valence electrons. The summed E-state index contributed by atoms with van der Waals surface area (Å²) in [7, 11) is 0. The Hall–Kier alpha value is -0.580. The minimum atomic E-state index is 0.418. The van der Waals surface area contributed by atoms with E-state index >= 15 is 0 Å². The Morgan fingerprint density at radius 3 is 2.70 bits per heavy atom. The highest BCUT2D eigenvalue weighted by molar-refractivity contribution is 9.10. The molecule has 0 radical (unpaired) electrons. The van der Waals surface area contributed by atoms with Crippen LogP contribution in [0.5, 0.6) is 5.75 Å². The van der Waals surface area contributed by atoms with Crippen molar-refractivity contribution in [2.45, 2.75) is 50.8 Å². The van der Waals surface area contributed by atoms with Gasteiger partial charge in [-0.2, -0.15) is 0 Å². The number of nitrogens with one attached hydrogen (secondary N) is 1. The van der Waals surface area contributed by atoms with Crippen LogP contribution in [0.15, 0.2) is 22.7 Å². The normalized spacial score (nSPS) is 28.6. The zero-order valence-electron chi connectivity index (χ0n) is 11.9. The van der Waals surface area contributed by atoms with Crippen molar-refractivity contribution in [2.24, 2.45) is 0 Å². The van der Waals surface area contributed by atoms with Crippen molar-refractivity contribution in [3.05, 3.63) is 28.2 Å². The lowest BCUT2D eigenvalue weighted by atomic mass is 10.0. The van der Waals surface area contributed by atoms with Crippen LogP contribution in [-0.4, -0.2) is 31.4 Å². The van der Waals surface area contributed by atoms with E-state index in [2.05, 4.69) is 28.2 Å². The Morgan fingerprint density at radius 1 is 1.20 bits per heavy atom. The summed E-state index contributed by atoms with van der Waals surface area (Å²) in [6, 6.07) is 7.41. The smallest absolute Gasteiger partial charge is 0.123 e. The monoisotopic (exact) mass is 339 g/mol. The predicted octanol–water partition coefficient (Wildman–Crippen LogP) is 3.44. The maximum Gasteiger partial charge on any atom is 0.123 e.